The third-order valence-corrected chi connectivity index (χ3v) is 0. The van der Waals surface area contributed by atoms with Gasteiger partial charge in [0.25, 0.3) is 0 Å². The van der Waals surface area contributed by atoms with Crippen LogP contribution in [0.4, 0.5) is 0 Å². The van der Waals surface area contributed by atoms with Crippen LogP contribution < -0.4 is 0 Å². The van der Waals surface area contributed by atoms with Gasteiger partial charge in [-0.2, -0.15) is 0 Å². The molecule has 0 saturated carbocycles. The minimum absolute atomic E-state index is 0. The van der Waals surface area contributed by atoms with Gasteiger partial charge in [-0.3, -0.25) is 0 Å². The van der Waals surface area contributed by atoms with Gasteiger partial charge in [-0.1, -0.05) is 0 Å². The maximum absolute atomic E-state index is 2.25. The summed E-state index contributed by atoms with van der Waals surface area (Å²) in [6.07, 6.45) is 0. The standard InChI is InChI=1S/2CH3.2H2O.Ti/h2*1H3;2*1H2;/q;;;;+2/p-2. The van der Waals surface area contributed by atoms with E-state index < -0.39 is 0 Å². The van der Waals surface area contributed by atoms with Gasteiger partial charge in [0.1, 0.15) is 0 Å². The van der Waals surface area contributed by atoms with Crippen LogP contribution in [0.2, 0.25) is 10.5 Å². The van der Waals surface area contributed by atoms with Crippen molar-refractivity contribution in [1.29, 1.82) is 0 Å². The molecule has 0 radical (unpaired) electrons. The molecule has 0 aliphatic rings. The Bertz CT molecular complexity index is 7.61. The first-order chi connectivity index (χ1) is 1.41. The molecule has 0 bridgehead atoms. The average molecular weight is 112 g/mol. The van der Waals surface area contributed by atoms with Gasteiger partial charge >= 0.3 is 29.6 Å². The second kappa shape index (κ2) is 22.9. The van der Waals surface area contributed by atoms with Crippen LogP contribution in [0, 0.1) is 0 Å². The molecule has 0 aromatic carbocycles. The SMILES string of the molecule is [CH3][Ti+2][CH3].[OH-].[OH-]. The Labute approximate surface area is 41.1 Å². The van der Waals surface area contributed by atoms with Gasteiger partial charge in [0, 0.05) is 0 Å². The fraction of sp³-hybridized carbons (Fsp3) is 1.00. The first-order valence-corrected chi connectivity index (χ1v) is 4.12. The monoisotopic (exact) mass is 112 g/mol. The average Bonchev–Trinajstić information content (AvgIpc) is 0.918. The predicted molar refractivity (Wildman–Crippen MR) is 15.6 cm³/mol. The Hall–Kier alpha value is 0.634. The molecule has 0 aromatic heterocycles. The zero-order valence-electron chi connectivity index (χ0n) is 3.39. The van der Waals surface area contributed by atoms with Crippen LogP contribution in [-0.4, -0.2) is 11.0 Å². The van der Waals surface area contributed by atoms with Crippen LogP contribution in [0.1, 0.15) is 0 Å². The first-order valence-electron chi connectivity index (χ1n) is 1.00. The van der Waals surface area contributed by atoms with E-state index in [9.17, 15) is 0 Å². The van der Waals surface area contributed by atoms with Gasteiger partial charge in [0.15, 0.2) is 0 Å². The molecule has 32 valence electrons. The summed E-state index contributed by atoms with van der Waals surface area (Å²) >= 11 is 0.500. The molecule has 0 fully saturated rings. The molecule has 0 aliphatic carbocycles. The van der Waals surface area contributed by atoms with Gasteiger partial charge in [-0.25, -0.2) is 0 Å². The van der Waals surface area contributed by atoms with Crippen molar-refractivity contribution in [3.63, 3.8) is 0 Å². The molecule has 0 heterocycles. The van der Waals surface area contributed by atoms with E-state index in [1.54, 1.807) is 0 Å². The van der Waals surface area contributed by atoms with E-state index in [1.165, 1.54) is 0 Å². The molecule has 2 N–H and O–H groups in total. The molecule has 0 saturated heterocycles. The summed E-state index contributed by atoms with van der Waals surface area (Å²) in [6, 6.07) is 0. The summed E-state index contributed by atoms with van der Waals surface area (Å²) < 4.78 is 0. The van der Waals surface area contributed by atoms with Crippen molar-refractivity contribution in [2.45, 2.75) is 10.5 Å². The van der Waals surface area contributed by atoms with Crippen LogP contribution >= 0.6 is 0 Å². The molecule has 0 rings (SSSR count). The summed E-state index contributed by atoms with van der Waals surface area (Å²) in [4.78, 5) is 0. The van der Waals surface area contributed by atoms with Crippen LogP contribution in [0.25, 0.3) is 0 Å². The van der Waals surface area contributed by atoms with Gasteiger partial charge in [0.2, 0.25) is 0 Å². The van der Waals surface area contributed by atoms with E-state index in [2.05, 4.69) is 10.5 Å². The van der Waals surface area contributed by atoms with E-state index >= 15 is 0 Å². The summed E-state index contributed by atoms with van der Waals surface area (Å²) in [5.74, 6) is 0. The molecule has 0 aliphatic heterocycles. The minimum Gasteiger partial charge on any atom is -0.870 e. The Kier molecular flexibility index (Phi) is 79.9. The van der Waals surface area contributed by atoms with Crippen molar-refractivity contribution in [3.8, 4) is 0 Å². The fourth-order valence-corrected chi connectivity index (χ4v) is 0. The molecule has 0 unspecified atom stereocenters. The molecule has 0 aromatic rings. The van der Waals surface area contributed by atoms with Crippen molar-refractivity contribution >= 4 is 0 Å². The quantitative estimate of drug-likeness (QED) is 0.435. The molecule has 0 atom stereocenters. The largest absolute Gasteiger partial charge is 0.870 e. The minimum atomic E-state index is 0. The molecule has 2 nitrogen and oxygen atoms in total. The number of hydrogen-bond donors (Lipinski definition) is 0. The Morgan fingerprint density at radius 2 is 1.00 bits per heavy atom. The van der Waals surface area contributed by atoms with E-state index in [0.29, 0.717) is 19.2 Å². The normalized spacial score (nSPS) is 2.00. The van der Waals surface area contributed by atoms with Gasteiger partial charge in [0.05, 0.1) is 0 Å². The molecular formula is C2H8O2Ti. The maximum Gasteiger partial charge on any atom is -0.870 e. The molecular weight excluding hydrogens is 104 g/mol. The smallest absolute Gasteiger partial charge is 0.870 e. The van der Waals surface area contributed by atoms with Gasteiger partial charge in [-0.15, -0.1) is 0 Å². The van der Waals surface area contributed by atoms with Crippen LogP contribution in [-0.2, 0) is 19.2 Å². The summed E-state index contributed by atoms with van der Waals surface area (Å²) in [6.45, 7) is 0. The maximum atomic E-state index is 2.25. The second-order valence-corrected chi connectivity index (χ2v) is 2.06. The Morgan fingerprint density at radius 1 is 1.00 bits per heavy atom. The van der Waals surface area contributed by atoms with Crippen LogP contribution in [0.3, 0.4) is 0 Å². The molecule has 3 heteroatoms. The van der Waals surface area contributed by atoms with Crippen LogP contribution in [0.15, 0.2) is 0 Å². The third-order valence-electron chi connectivity index (χ3n) is 0. The predicted octanol–water partition coefficient (Wildman–Crippen LogP) is 0.812. The zero-order valence-corrected chi connectivity index (χ0v) is 4.96. The van der Waals surface area contributed by atoms with Crippen molar-refractivity contribution in [1.82, 2.24) is 0 Å². The first kappa shape index (κ1) is 17.4. The van der Waals surface area contributed by atoms with Crippen molar-refractivity contribution in [2.24, 2.45) is 0 Å². The second-order valence-electron chi connectivity index (χ2n) is 0.500. The summed E-state index contributed by atoms with van der Waals surface area (Å²) in [5, 5.41) is 4.50. The van der Waals surface area contributed by atoms with Crippen molar-refractivity contribution in [3.05, 3.63) is 0 Å². The van der Waals surface area contributed by atoms with E-state index in [-0.39, 0.29) is 11.0 Å². The summed E-state index contributed by atoms with van der Waals surface area (Å²) in [7, 11) is 0. The zero-order chi connectivity index (χ0) is 2.71. The summed E-state index contributed by atoms with van der Waals surface area (Å²) in [5.41, 5.74) is 0. The van der Waals surface area contributed by atoms with Crippen molar-refractivity contribution in [2.75, 3.05) is 0 Å². The molecule has 5 heavy (non-hydrogen) atoms. The molecule has 0 spiro atoms. The van der Waals surface area contributed by atoms with E-state index in [4.69, 9.17) is 0 Å². The van der Waals surface area contributed by atoms with Crippen LogP contribution in [0.5, 0.6) is 0 Å². The van der Waals surface area contributed by atoms with E-state index in [0.717, 1.165) is 0 Å². The molecule has 0 amide bonds. The van der Waals surface area contributed by atoms with Crippen molar-refractivity contribution < 1.29 is 30.1 Å². The Morgan fingerprint density at radius 3 is 1.00 bits per heavy atom. The van der Waals surface area contributed by atoms with E-state index in [1.807, 2.05) is 0 Å². The number of rotatable bonds is 0. The fourth-order valence-electron chi connectivity index (χ4n) is 0. The van der Waals surface area contributed by atoms with Gasteiger partial charge in [-0.05, 0) is 0 Å². The Balaban J connectivity index is -0.0000000200. The topological polar surface area (TPSA) is 60.0 Å². The van der Waals surface area contributed by atoms with Gasteiger partial charge < -0.3 is 11.0 Å². The third kappa shape index (κ3) is 79.9. The number of hydrogen-bond acceptors (Lipinski definition) is 2.